The van der Waals surface area contributed by atoms with E-state index in [0.717, 1.165) is 11.1 Å². The Bertz CT molecular complexity index is 1210. The molecule has 1 aromatic carbocycles. The second kappa shape index (κ2) is 11.4. The summed E-state index contributed by atoms with van der Waals surface area (Å²) in [5.74, 6) is 0.761. The number of aromatic amines is 1. The molecule has 0 aliphatic carbocycles. The molecule has 2 amide bonds. The molecule has 1 fully saturated rings. The Morgan fingerprint density at radius 2 is 1.89 bits per heavy atom. The molecule has 194 valence electrons. The Kier molecular flexibility index (Phi) is 8.55. The van der Waals surface area contributed by atoms with E-state index in [-0.39, 0.29) is 18.0 Å². The molecule has 0 unspecified atom stereocenters. The maximum absolute atomic E-state index is 13.1. The molecule has 0 spiro atoms. The van der Waals surface area contributed by atoms with Crippen molar-refractivity contribution in [3.05, 3.63) is 41.6 Å². The van der Waals surface area contributed by atoms with Crippen molar-refractivity contribution in [3.8, 4) is 11.4 Å². The quantitative estimate of drug-likeness (QED) is 0.467. The molecule has 1 saturated heterocycles. The first-order valence-corrected chi connectivity index (χ1v) is 12.5. The zero-order valence-electron chi connectivity index (χ0n) is 22.1. The summed E-state index contributed by atoms with van der Waals surface area (Å²) in [6.45, 7) is 12.8. The molecular weight excluding hydrogens is 456 g/mol. The van der Waals surface area contributed by atoms with E-state index < -0.39 is 5.60 Å². The van der Waals surface area contributed by atoms with E-state index in [9.17, 15) is 9.59 Å². The molecule has 4 N–H and O–H groups in total. The third-order valence-corrected chi connectivity index (χ3v) is 5.55. The molecule has 2 aromatic heterocycles. The molecule has 0 radical (unpaired) electrons. The van der Waals surface area contributed by atoms with Crippen LogP contribution in [0.2, 0.25) is 0 Å². The van der Waals surface area contributed by atoms with Crippen LogP contribution < -0.4 is 11.1 Å². The lowest BCUT2D eigenvalue weighted by Crippen LogP contribution is -2.47. The summed E-state index contributed by atoms with van der Waals surface area (Å²) >= 11 is 0. The number of imidazole rings is 1. The van der Waals surface area contributed by atoms with E-state index in [0.29, 0.717) is 54.2 Å². The van der Waals surface area contributed by atoms with Gasteiger partial charge in [0, 0.05) is 25.3 Å². The predicted octanol–water partition coefficient (Wildman–Crippen LogP) is 5.06. The Labute approximate surface area is 212 Å². The smallest absolute Gasteiger partial charge is 0.410 e. The summed E-state index contributed by atoms with van der Waals surface area (Å²) in [5, 5.41) is 3.10. The Morgan fingerprint density at radius 3 is 2.53 bits per heavy atom. The predicted molar refractivity (Wildman–Crippen MR) is 143 cm³/mol. The summed E-state index contributed by atoms with van der Waals surface area (Å²) in [4.78, 5) is 39.2. The monoisotopic (exact) mass is 494 g/mol. The molecule has 3 heterocycles. The Morgan fingerprint density at radius 1 is 1.22 bits per heavy atom. The molecule has 0 bridgehead atoms. The van der Waals surface area contributed by atoms with Crippen LogP contribution in [0.1, 0.15) is 69.8 Å². The van der Waals surface area contributed by atoms with Crippen LogP contribution in [0.3, 0.4) is 0 Å². The number of H-pyrrole nitrogens is 1. The van der Waals surface area contributed by atoms with Gasteiger partial charge in [0.25, 0.3) is 5.91 Å². The first kappa shape index (κ1) is 27.0. The number of ether oxygens (including phenoxy) is 1. The van der Waals surface area contributed by atoms with E-state index in [4.69, 9.17) is 10.5 Å². The van der Waals surface area contributed by atoms with Gasteiger partial charge in [0.2, 0.25) is 0 Å². The molecule has 0 atom stereocenters. The number of fused-ring (bicyclic) bond motifs is 1. The SMILES string of the molecule is CCC.Cc1cnc(N)c(-c2nc3c(C(=O)NC4CCN(C(=O)OC(C)(C)C)CC4)cccc3[nH]2)c1. The highest BCUT2D eigenvalue weighted by Crippen LogP contribution is 2.27. The molecule has 36 heavy (non-hydrogen) atoms. The number of pyridine rings is 1. The summed E-state index contributed by atoms with van der Waals surface area (Å²) in [5.41, 5.74) is 9.01. The van der Waals surface area contributed by atoms with Gasteiger partial charge in [-0.25, -0.2) is 14.8 Å². The third kappa shape index (κ3) is 6.74. The van der Waals surface area contributed by atoms with Gasteiger partial charge in [-0.15, -0.1) is 0 Å². The largest absolute Gasteiger partial charge is 0.444 e. The van der Waals surface area contributed by atoms with Gasteiger partial charge in [0.15, 0.2) is 0 Å². The van der Waals surface area contributed by atoms with Crippen molar-refractivity contribution < 1.29 is 14.3 Å². The number of amides is 2. The second-order valence-corrected chi connectivity index (χ2v) is 10.2. The number of anilines is 1. The molecule has 9 nitrogen and oxygen atoms in total. The van der Waals surface area contributed by atoms with E-state index in [1.54, 1.807) is 17.2 Å². The minimum absolute atomic E-state index is 0.0264. The van der Waals surface area contributed by atoms with Gasteiger partial charge in [0.1, 0.15) is 22.8 Å². The zero-order valence-corrected chi connectivity index (χ0v) is 22.1. The van der Waals surface area contributed by atoms with Crippen LogP contribution in [0.5, 0.6) is 0 Å². The van der Waals surface area contributed by atoms with Gasteiger partial charge in [-0.1, -0.05) is 26.3 Å². The minimum atomic E-state index is -0.525. The fraction of sp³-hybridized carbons (Fsp3) is 0.481. The lowest BCUT2D eigenvalue weighted by Gasteiger charge is -2.33. The summed E-state index contributed by atoms with van der Waals surface area (Å²) in [6, 6.07) is 7.35. The molecule has 4 rings (SSSR count). The van der Waals surface area contributed by atoms with Crippen molar-refractivity contribution in [2.45, 2.75) is 72.4 Å². The molecule has 3 aromatic rings. The molecule has 9 heteroatoms. The minimum Gasteiger partial charge on any atom is -0.444 e. The number of benzene rings is 1. The van der Waals surface area contributed by atoms with Crippen molar-refractivity contribution in [1.82, 2.24) is 25.2 Å². The third-order valence-electron chi connectivity index (χ3n) is 5.55. The number of nitrogen functional groups attached to an aromatic ring is 1. The van der Waals surface area contributed by atoms with Crippen LogP contribution in [-0.4, -0.2) is 56.6 Å². The van der Waals surface area contributed by atoms with Crippen LogP contribution in [0, 0.1) is 6.92 Å². The van der Waals surface area contributed by atoms with Crippen LogP contribution in [0.25, 0.3) is 22.4 Å². The first-order chi connectivity index (χ1) is 17.0. The van der Waals surface area contributed by atoms with Gasteiger partial charge in [-0.2, -0.15) is 0 Å². The number of aromatic nitrogens is 3. The fourth-order valence-electron chi connectivity index (χ4n) is 3.91. The Hall–Kier alpha value is -3.62. The van der Waals surface area contributed by atoms with Crippen LogP contribution >= 0.6 is 0 Å². The van der Waals surface area contributed by atoms with Gasteiger partial charge in [-0.3, -0.25) is 4.79 Å². The lowest BCUT2D eigenvalue weighted by molar-refractivity contribution is 0.0199. The highest BCUT2D eigenvalue weighted by atomic mass is 16.6. The Balaban J connectivity index is 0.00000115. The normalized spacial score (nSPS) is 14.2. The number of nitrogens with zero attached hydrogens (tertiary/aromatic N) is 3. The topological polar surface area (TPSA) is 126 Å². The van der Waals surface area contributed by atoms with Crippen molar-refractivity contribution in [2.24, 2.45) is 0 Å². The van der Waals surface area contributed by atoms with Crippen molar-refractivity contribution in [3.63, 3.8) is 0 Å². The van der Waals surface area contributed by atoms with Crippen molar-refractivity contribution >= 4 is 28.9 Å². The van der Waals surface area contributed by atoms with E-state index in [1.165, 1.54) is 6.42 Å². The number of nitrogens with one attached hydrogen (secondary N) is 2. The van der Waals surface area contributed by atoms with Crippen molar-refractivity contribution in [2.75, 3.05) is 18.8 Å². The summed E-state index contributed by atoms with van der Waals surface area (Å²) in [6.07, 6.45) is 3.97. The maximum Gasteiger partial charge on any atom is 0.410 e. The van der Waals surface area contributed by atoms with E-state index in [2.05, 4.69) is 34.1 Å². The lowest BCUT2D eigenvalue weighted by atomic mass is 10.0. The van der Waals surface area contributed by atoms with Gasteiger partial charge >= 0.3 is 6.09 Å². The summed E-state index contributed by atoms with van der Waals surface area (Å²) in [7, 11) is 0. The number of piperidine rings is 1. The van der Waals surface area contributed by atoms with Gasteiger partial charge < -0.3 is 25.7 Å². The number of hydrogen-bond donors (Lipinski definition) is 3. The highest BCUT2D eigenvalue weighted by molar-refractivity contribution is 6.05. The molecular formula is C27H38N6O3. The van der Waals surface area contributed by atoms with Crippen LogP contribution in [0.4, 0.5) is 10.6 Å². The molecule has 1 aliphatic rings. The van der Waals surface area contributed by atoms with Crippen molar-refractivity contribution in [1.29, 1.82) is 0 Å². The molecule has 1 aliphatic heterocycles. The van der Waals surface area contributed by atoms with Crippen LogP contribution in [-0.2, 0) is 4.74 Å². The second-order valence-electron chi connectivity index (χ2n) is 10.2. The number of hydrogen-bond acceptors (Lipinski definition) is 6. The fourth-order valence-corrected chi connectivity index (χ4v) is 3.91. The van der Waals surface area contributed by atoms with E-state index >= 15 is 0 Å². The number of aryl methyl sites for hydroxylation is 1. The maximum atomic E-state index is 13.1. The summed E-state index contributed by atoms with van der Waals surface area (Å²) < 4.78 is 5.44. The van der Waals surface area contributed by atoms with Crippen LogP contribution in [0.15, 0.2) is 30.5 Å². The number of nitrogens with two attached hydrogens (primary N) is 1. The number of carbonyl (C=O) groups is 2. The number of para-hydroxylation sites is 1. The van der Waals surface area contributed by atoms with Gasteiger partial charge in [0.05, 0.1) is 16.6 Å². The number of likely N-dealkylation sites (tertiary alicyclic amines) is 1. The average Bonchev–Trinajstić information content (AvgIpc) is 3.24. The highest BCUT2D eigenvalue weighted by Gasteiger charge is 2.28. The average molecular weight is 495 g/mol. The number of rotatable bonds is 3. The van der Waals surface area contributed by atoms with Gasteiger partial charge in [-0.05, 0) is 64.3 Å². The first-order valence-electron chi connectivity index (χ1n) is 12.5. The molecule has 0 saturated carbocycles. The van der Waals surface area contributed by atoms with E-state index in [1.807, 2.05) is 45.9 Å². The number of carbonyl (C=O) groups excluding carboxylic acids is 2. The zero-order chi connectivity index (χ0) is 26.5. The standard InChI is InChI=1S/C24H30N6O3.C3H8/c1-14-12-17(20(25)26-13-14)21-28-18-7-5-6-16(19(18)29-21)22(31)27-15-8-10-30(11-9-15)23(32)33-24(2,3)4;1-3-2/h5-7,12-13,15H,8-11H2,1-4H3,(H2,25,26)(H,27,31)(H,28,29);3H2,1-2H3.